The number of likely N-dealkylation sites (tertiary alicyclic amines) is 1. The number of carboxylic acid groups (broad SMARTS) is 1. The standard InChI is InChI=1S/C12H13FN2O3/c13-9-3-4-10(14-6-9)11(16)15-5-1-2-8(7-15)12(17)18/h3-4,6,8H,1-2,5,7H2,(H,17,18)/t8-/m0/s1. The second-order valence-corrected chi connectivity index (χ2v) is 4.29. The van der Waals surface area contributed by atoms with E-state index in [0.29, 0.717) is 19.4 Å². The maximum absolute atomic E-state index is 12.7. The van der Waals surface area contributed by atoms with E-state index in [1.165, 1.54) is 17.0 Å². The molecule has 18 heavy (non-hydrogen) atoms. The average molecular weight is 252 g/mol. The van der Waals surface area contributed by atoms with Gasteiger partial charge in [0.15, 0.2) is 0 Å². The van der Waals surface area contributed by atoms with Crippen LogP contribution in [0.2, 0.25) is 0 Å². The number of carbonyl (C=O) groups excluding carboxylic acids is 1. The number of pyridine rings is 1. The first-order valence-electron chi connectivity index (χ1n) is 5.71. The summed E-state index contributed by atoms with van der Waals surface area (Å²) in [7, 11) is 0. The molecular weight excluding hydrogens is 239 g/mol. The molecule has 0 unspecified atom stereocenters. The molecule has 5 nitrogen and oxygen atoms in total. The Morgan fingerprint density at radius 2 is 2.22 bits per heavy atom. The normalized spacial score (nSPS) is 19.6. The van der Waals surface area contributed by atoms with Gasteiger partial charge in [0.05, 0.1) is 12.1 Å². The monoisotopic (exact) mass is 252 g/mol. The van der Waals surface area contributed by atoms with Crippen LogP contribution in [0.3, 0.4) is 0 Å². The lowest BCUT2D eigenvalue weighted by Crippen LogP contribution is -2.42. The molecule has 1 aliphatic rings. The van der Waals surface area contributed by atoms with Crippen LogP contribution in [0.4, 0.5) is 4.39 Å². The van der Waals surface area contributed by atoms with Crippen molar-refractivity contribution in [2.45, 2.75) is 12.8 Å². The number of amides is 1. The minimum absolute atomic E-state index is 0.141. The summed E-state index contributed by atoms with van der Waals surface area (Å²) in [5.41, 5.74) is 0.141. The molecule has 0 saturated carbocycles. The number of aliphatic carboxylic acids is 1. The molecule has 96 valence electrons. The number of aromatic nitrogens is 1. The largest absolute Gasteiger partial charge is 0.481 e. The summed E-state index contributed by atoms with van der Waals surface area (Å²) in [4.78, 5) is 28.1. The first kappa shape index (κ1) is 12.5. The van der Waals surface area contributed by atoms with E-state index in [1.54, 1.807) is 0 Å². The third-order valence-electron chi connectivity index (χ3n) is 3.00. The molecule has 0 radical (unpaired) electrons. The SMILES string of the molecule is O=C(O)[C@H]1CCCN(C(=O)c2ccc(F)cn2)C1. The van der Waals surface area contributed by atoms with Gasteiger partial charge in [0, 0.05) is 13.1 Å². The number of carbonyl (C=O) groups is 2. The van der Waals surface area contributed by atoms with Gasteiger partial charge in [0.25, 0.3) is 5.91 Å². The van der Waals surface area contributed by atoms with Crippen LogP contribution in [-0.4, -0.2) is 40.0 Å². The minimum Gasteiger partial charge on any atom is -0.481 e. The van der Waals surface area contributed by atoms with E-state index >= 15 is 0 Å². The lowest BCUT2D eigenvalue weighted by molar-refractivity contribution is -0.143. The third-order valence-corrected chi connectivity index (χ3v) is 3.00. The van der Waals surface area contributed by atoms with Gasteiger partial charge in [-0.05, 0) is 25.0 Å². The van der Waals surface area contributed by atoms with Crippen molar-refractivity contribution in [1.29, 1.82) is 0 Å². The summed E-state index contributed by atoms with van der Waals surface area (Å²) in [6, 6.07) is 2.47. The molecule has 2 rings (SSSR count). The van der Waals surface area contributed by atoms with Gasteiger partial charge in [-0.25, -0.2) is 9.37 Å². The molecule has 1 aromatic rings. The van der Waals surface area contributed by atoms with Crippen LogP contribution < -0.4 is 0 Å². The Hall–Kier alpha value is -1.98. The highest BCUT2D eigenvalue weighted by molar-refractivity contribution is 5.92. The number of nitrogens with zero attached hydrogens (tertiary/aromatic N) is 2. The molecule has 1 saturated heterocycles. The minimum atomic E-state index is -0.889. The van der Waals surface area contributed by atoms with E-state index in [-0.39, 0.29) is 18.1 Å². The van der Waals surface area contributed by atoms with Crippen molar-refractivity contribution in [2.75, 3.05) is 13.1 Å². The molecule has 2 heterocycles. The second kappa shape index (κ2) is 5.12. The van der Waals surface area contributed by atoms with Crippen LogP contribution in [0, 0.1) is 11.7 Å². The van der Waals surface area contributed by atoms with Crippen molar-refractivity contribution in [2.24, 2.45) is 5.92 Å². The Morgan fingerprint density at radius 1 is 1.44 bits per heavy atom. The third kappa shape index (κ3) is 2.64. The molecule has 1 aliphatic heterocycles. The maximum atomic E-state index is 12.7. The quantitative estimate of drug-likeness (QED) is 0.857. The zero-order valence-corrected chi connectivity index (χ0v) is 9.67. The summed E-state index contributed by atoms with van der Waals surface area (Å²) in [5.74, 6) is -2.27. The maximum Gasteiger partial charge on any atom is 0.308 e. The van der Waals surface area contributed by atoms with Gasteiger partial charge < -0.3 is 10.0 Å². The van der Waals surface area contributed by atoms with Crippen LogP contribution in [0.1, 0.15) is 23.3 Å². The second-order valence-electron chi connectivity index (χ2n) is 4.29. The molecular formula is C12H13FN2O3. The van der Waals surface area contributed by atoms with Gasteiger partial charge in [-0.1, -0.05) is 0 Å². The number of hydrogen-bond acceptors (Lipinski definition) is 3. The predicted octanol–water partition coefficient (Wildman–Crippen LogP) is 1.16. The van der Waals surface area contributed by atoms with Crippen molar-refractivity contribution in [3.63, 3.8) is 0 Å². The van der Waals surface area contributed by atoms with Crippen LogP contribution in [-0.2, 0) is 4.79 Å². The van der Waals surface area contributed by atoms with Crippen LogP contribution in [0.25, 0.3) is 0 Å². The lowest BCUT2D eigenvalue weighted by atomic mass is 9.98. The van der Waals surface area contributed by atoms with Gasteiger partial charge in [0.1, 0.15) is 11.5 Å². The van der Waals surface area contributed by atoms with Crippen LogP contribution >= 0.6 is 0 Å². The Bertz CT molecular complexity index is 461. The number of halogens is 1. The van der Waals surface area contributed by atoms with E-state index in [2.05, 4.69) is 4.98 Å². The van der Waals surface area contributed by atoms with Gasteiger partial charge in [-0.3, -0.25) is 9.59 Å². The number of hydrogen-bond donors (Lipinski definition) is 1. The number of rotatable bonds is 2. The Balaban J connectivity index is 2.09. The van der Waals surface area contributed by atoms with Crippen LogP contribution in [0.15, 0.2) is 18.3 Å². The van der Waals surface area contributed by atoms with Gasteiger partial charge in [-0.2, -0.15) is 0 Å². The molecule has 0 aliphatic carbocycles. The topological polar surface area (TPSA) is 70.5 Å². The highest BCUT2D eigenvalue weighted by atomic mass is 19.1. The predicted molar refractivity (Wildman–Crippen MR) is 60.5 cm³/mol. The number of piperidine rings is 1. The van der Waals surface area contributed by atoms with Gasteiger partial charge in [-0.15, -0.1) is 0 Å². The fourth-order valence-electron chi connectivity index (χ4n) is 2.03. The van der Waals surface area contributed by atoms with Gasteiger partial charge >= 0.3 is 5.97 Å². The first-order valence-corrected chi connectivity index (χ1v) is 5.71. The molecule has 1 atom stereocenters. The van der Waals surface area contributed by atoms with E-state index in [0.717, 1.165) is 6.20 Å². The van der Waals surface area contributed by atoms with E-state index in [4.69, 9.17) is 5.11 Å². The Kier molecular flexibility index (Phi) is 3.55. The molecule has 0 bridgehead atoms. The zero-order valence-electron chi connectivity index (χ0n) is 9.67. The van der Waals surface area contributed by atoms with Crippen molar-refractivity contribution in [3.05, 3.63) is 29.8 Å². The average Bonchev–Trinajstić information content (AvgIpc) is 2.39. The molecule has 0 spiro atoms. The zero-order chi connectivity index (χ0) is 13.1. The molecule has 0 aromatic carbocycles. The molecule has 1 amide bonds. The fraction of sp³-hybridized carbons (Fsp3) is 0.417. The summed E-state index contributed by atoms with van der Waals surface area (Å²) in [6.45, 7) is 0.703. The molecule has 1 N–H and O–H groups in total. The van der Waals surface area contributed by atoms with Crippen molar-refractivity contribution in [1.82, 2.24) is 9.88 Å². The highest BCUT2D eigenvalue weighted by Crippen LogP contribution is 2.18. The van der Waals surface area contributed by atoms with Crippen molar-refractivity contribution >= 4 is 11.9 Å². The number of carboxylic acids is 1. The van der Waals surface area contributed by atoms with Crippen molar-refractivity contribution in [3.8, 4) is 0 Å². The van der Waals surface area contributed by atoms with Crippen molar-refractivity contribution < 1.29 is 19.1 Å². The van der Waals surface area contributed by atoms with E-state index in [9.17, 15) is 14.0 Å². The van der Waals surface area contributed by atoms with E-state index < -0.39 is 17.7 Å². The summed E-state index contributed by atoms with van der Waals surface area (Å²) in [6.07, 6.45) is 2.21. The van der Waals surface area contributed by atoms with E-state index in [1.807, 2.05) is 0 Å². The fourth-order valence-corrected chi connectivity index (χ4v) is 2.03. The highest BCUT2D eigenvalue weighted by Gasteiger charge is 2.28. The summed E-state index contributed by atoms with van der Waals surface area (Å²) < 4.78 is 12.7. The van der Waals surface area contributed by atoms with Crippen LogP contribution in [0.5, 0.6) is 0 Å². The molecule has 1 aromatic heterocycles. The summed E-state index contributed by atoms with van der Waals surface area (Å²) in [5, 5.41) is 8.94. The molecule has 6 heteroatoms. The smallest absolute Gasteiger partial charge is 0.308 e. The summed E-state index contributed by atoms with van der Waals surface area (Å²) >= 11 is 0. The van der Waals surface area contributed by atoms with Gasteiger partial charge in [0.2, 0.25) is 0 Å². The lowest BCUT2D eigenvalue weighted by Gasteiger charge is -2.30. The molecule has 1 fully saturated rings. The Morgan fingerprint density at radius 3 is 2.83 bits per heavy atom. The first-order chi connectivity index (χ1) is 8.58. The Labute approximate surface area is 103 Å².